The first-order valence-corrected chi connectivity index (χ1v) is 9.23. The van der Waals surface area contributed by atoms with Gasteiger partial charge in [-0.1, -0.05) is 6.07 Å². The number of anilines is 1. The molecule has 6 heteroatoms. The number of hydrogen-bond acceptors (Lipinski definition) is 5. The average Bonchev–Trinajstić information content (AvgIpc) is 3.08. The lowest BCUT2D eigenvalue weighted by Gasteiger charge is -2.17. The first-order chi connectivity index (χ1) is 12.9. The molecule has 1 saturated heterocycles. The van der Waals surface area contributed by atoms with Crippen LogP contribution >= 0.6 is 0 Å². The Labute approximate surface area is 160 Å². The van der Waals surface area contributed by atoms with Gasteiger partial charge in [0, 0.05) is 12.6 Å². The molecule has 3 rings (SSSR count). The molecule has 1 aliphatic rings. The highest BCUT2D eigenvalue weighted by atomic mass is 16.5. The summed E-state index contributed by atoms with van der Waals surface area (Å²) in [6.07, 6.45) is 2.95. The Balaban J connectivity index is 1.54. The Bertz CT molecular complexity index is 790. The number of nitrogens with one attached hydrogen (secondary N) is 1. The van der Waals surface area contributed by atoms with Crippen LogP contribution in [0.2, 0.25) is 0 Å². The lowest BCUT2D eigenvalue weighted by molar-refractivity contribution is -0.126. The van der Waals surface area contributed by atoms with E-state index < -0.39 is 6.10 Å². The van der Waals surface area contributed by atoms with Crippen molar-refractivity contribution in [3.8, 4) is 11.6 Å². The lowest BCUT2D eigenvalue weighted by Crippen LogP contribution is -2.31. The van der Waals surface area contributed by atoms with E-state index in [1.54, 1.807) is 18.3 Å². The minimum absolute atomic E-state index is 0.114. The van der Waals surface area contributed by atoms with Gasteiger partial charge in [-0.15, -0.1) is 0 Å². The zero-order valence-electron chi connectivity index (χ0n) is 16.4. The molecule has 27 heavy (non-hydrogen) atoms. The molecule has 1 aliphatic heterocycles. The van der Waals surface area contributed by atoms with E-state index in [1.165, 1.54) is 11.1 Å². The van der Waals surface area contributed by atoms with E-state index in [2.05, 4.69) is 22.1 Å². The van der Waals surface area contributed by atoms with Gasteiger partial charge in [0.2, 0.25) is 5.88 Å². The Morgan fingerprint density at radius 3 is 2.70 bits per heavy atom. The fourth-order valence-corrected chi connectivity index (χ4v) is 3.08. The number of likely N-dealkylation sites (N-methyl/N-ethyl adjacent to an activating group) is 1. The van der Waals surface area contributed by atoms with Crippen molar-refractivity contribution in [2.24, 2.45) is 0 Å². The van der Waals surface area contributed by atoms with Gasteiger partial charge in [0.15, 0.2) is 0 Å². The molecule has 0 spiro atoms. The Hall–Kier alpha value is -2.44. The van der Waals surface area contributed by atoms with E-state index in [9.17, 15) is 4.79 Å². The van der Waals surface area contributed by atoms with Crippen molar-refractivity contribution < 1.29 is 14.3 Å². The van der Waals surface area contributed by atoms with E-state index in [-0.39, 0.29) is 12.0 Å². The topological polar surface area (TPSA) is 63.7 Å². The number of pyridine rings is 1. The number of rotatable bonds is 6. The summed E-state index contributed by atoms with van der Waals surface area (Å²) in [5.74, 6) is 1.11. The van der Waals surface area contributed by atoms with Crippen molar-refractivity contribution in [3.05, 3.63) is 47.7 Å². The predicted octanol–water partition coefficient (Wildman–Crippen LogP) is 3.54. The van der Waals surface area contributed by atoms with Gasteiger partial charge in [-0.05, 0) is 70.1 Å². The molecule has 0 unspecified atom stereocenters. The monoisotopic (exact) mass is 369 g/mol. The van der Waals surface area contributed by atoms with Crippen LogP contribution in [-0.4, -0.2) is 48.6 Å². The van der Waals surface area contributed by atoms with Crippen molar-refractivity contribution in [1.82, 2.24) is 9.88 Å². The maximum absolute atomic E-state index is 12.4. The van der Waals surface area contributed by atoms with Crippen molar-refractivity contribution in [1.29, 1.82) is 0 Å². The fourth-order valence-electron chi connectivity index (χ4n) is 3.08. The van der Waals surface area contributed by atoms with Gasteiger partial charge in [-0.3, -0.25) is 4.79 Å². The molecule has 1 amide bonds. The summed E-state index contributed by atoms with van der Waals surface area (Å²) >= 11 is 0. The van der Waals surface area contributed by atoms with Gasteiger partial charge >= 0.3 is 0 Å². The van der Waals surface area contributed by atoms with Gasteiger partial charge in [-0.25, -0.2) is 4.98 Å². The first-order valence-electron chi connectivity index (χ1n) is 9.23. The van der Waals surface area contributed by atoms with Crippen molar-refractivity contribution >= 4 is 11.6 Å². The number of hydrogen-bond donors (Lipinski definition) is 1. The Morgan fingerprint density at radius 2 is 2.04 bits per heavy atom. The van der Waals surface area contributed by atoms with E-state index in [0.29, 0.717) is 11.6 Å². The molecule has 2 aromatic rings. The summed E-state index contributed by atoms with van der Waals surface area (Å²) in [5.41, 5.74) is 3.02. The van der Waals surface area contributed by atoms with Crippen LogP contribution in [-0.2, 0) is 9.53 Å². The normalized spacial score (nSPS) is 19.3. The molecule has 0 bridgehead atoms. The molecule has 144 valence electrons. The first kappa shape index (κ1) is 19.3. The number of aryl methyl sites for hydroxylation is 2. The van der Waals surface area contributed by atoms with Crippen LogP contribution in [0.4, 0.5) is 5.69 Å². The van der Waals surface area contributed by atoms with Gasteiger partial charge in [0.05, 0.1) is 18.0 Å². The largest absolute Gasteiger partial charge is 0.439 e. The molecular formula is C21H27N3O3. The Kier molecular flexibility index (Phi) is 6.08. The average molecular weight is 369 g/mol. The summed E-state index contributed by atoms with van der Waals surface area (Å²) in [6.45, 7) is 4.93. The van der Waals surface area contributed by atoms with Crippen molar-refractivity contribution in [2.75, 3.05) is 26.0 Å². The molecule has 6 nitrogen and oxygen atoms in total. The molecule has 1 N–H and O–H groups in total. The quantitative estimate of drug-likeness (QED) is 0.844. The summed E-state index contributed by atoms with van der Waals surface area (Å²) < 4.78 is 11.6. The zero-order valence-corrected chi connectivity index (χ0v) is 16.4. The van der Waals surface area contributed by atoms with Gasteiger partial charge in [0.25, 0.3) is 5.91 Å². The smallest absolute Gasteiger partial charge is 0.253 e. The molecule has 0 radical (unpaired) electrons. The van der Waals surface area contributed by atoms with Crippen LogP contribution in [0.5, 0.6) is 11.6 Å². The second-order valence-corrected chi connectivity index (χ2v) is 7.31. The molecular weight excluding hydrogens is 342 g/mol. The third kappa shape index (κ3) is 5.28. The fraction of sp³-hybridized carbons (Fsp3) is 0.429. The van der Waals surface area contributed by atoms with Crippen LogP contribution in [0.1, 0.15) is 24.0 Å². The van der Waals surface area contributed by atoms with Crippen LogP contribution in [0.15, 0.2) is 36.5 Å². The van der Waals surface area contributed by atoms with Gasteiger partial charge in [-0.2, -0.15) is 0 Å². The summed E-state index contributed by atoms with van der Waals surface area (Å²) in [4.78, 5) is 18.7. The minimum Gasteiger partial charge on any atom is -0.439 e. The molecule has 2 heterocycles. The summed E-state index contributed by atoms with van der Waals surface area (Å²) in [6, 6.07) is 9.45. The number of amides is 1. The summed E-state index contributed by atoms with van der Waals surface area (Å²) in [7, 11) is 4.01. The van der Waals surface area contributed by atoms with E-state index in [1.807, 2.05) is 39.2 Å². The molecule has 1 fully saturated rings. The molecule has 1 aromatic heterocycles. The van der Waals surface area contributed by atoms with Gasteiger partial charge in [0.1, 0.15) is 11.9 Å². The van der Waals surface area contributed by atoms with Crippen molar-refractivity contribution in [3.63, 3.8) is 0 Å². The van der Waals surface area contributed by atoms with Crippen LogP contribution < -0.4 is 10.1 Å². The van der Waals surface area contributed by atoms with E-state index in [0.717, 1.165) is 25.1 Å². The van der Waals surface area contributed by atoms with E-state index >= 15 is 0 Å². The third-order valence-electron chi connectivity index (χ3n) is 4.67. The van der Waals surface area contributed by atoms with Gasteiger partial charge < -0.3 is 19.7 Å². The number of benzene rings is 1. The van der Waals surface area contributed by atoms with Crippen LogP contribution in [0.3, 0.4) is 0 Å². The van der Waals surface area contributed by atoms with E-state index in [4.69, 9.17) is 9.47 Å². The van der Waals surface area contributed by atoms with Crippen LogP contribution in [0, 0.1) is 13.8 Å². The molecule has 1 aromatic carbocycles. The summed E-state index contributed by atoms with van der Waals surface area (Å²) in [5, 5.41) is 2.87. The minimum atomic E-state index is -0.401. The van der Waals surface area contributed by atoms with Crippen LogP contribution in [0.25, 0.3) is 0 Å². The second-order valence-electron chi connectivity index (χ2n) is 7.31. The van der Waals surface area contributed by atoms with Crippen molar-refractivity contribution in [2.45, 2.75) is 38.9 Å². The molecule has 0 aliphatic carbocycles. The molecule has 2 atom stereocenters. The number of aromatic nitrogens is 1. The lowest BCUT2D eigenvalue weighted by atomic mass is 10.1. The Morgan fingerprint density at radius 1 is 1.22 bits per heavy atom. The highest BCUT2D eigenvalue weighted by Gasteiger charge is 2.30. The third-order valence-corrected chi connectivity index (χ3v) is 4.67. The predicted molar refractivity (Wildman–Crippen MR) is 105 cm³/mol. The SMILES string of the molecule is Cc1ccc(Oc2ccc(NC(=O)[C@@H]3CC[C@H](CN(C)C)O3)cn2)cc1C. The number of carbonyl (C=O) groups is 1. The highest BCUT2D eigenvalue weighted by molar-refractivity contribution is 5.94. The highest BCUT2D eigenvalue weighted by Crippen LogP contribution is 2.24. The molecule has 0 saturated carbocycles. The second kappa shape index (κ2) is 8.50. The zero-order chi connectivity index (χ0) is 19.4. The maximum Gasteiger partial charge on any atom is 0.253 e. The standard InChI is InChI=1S/C21H27N3O3/c1-14-5-7-17(11-15(14)2)27-20-10-6-16(12-22-20)23-21(25)19-9-8-18(26-19)13-24(3)4/h5-7,10-12,18-19H,8-9,13H2,1-4H3,(H,23,25)/t18-,19+/m1/s1. The number of carbonyl (C=O) groups excluding carboxylic acids is 1. The number of ether oxygens (including phenoxy) is 2. The maximum atomic E-state index is 12.4. The number of nitrogens with zero attached hydrogens (tertiary/aromatic N) is 2.